The normalized spacial score (nSPS) is 12.2. The zero-order chi connectivity index (χ0) is 12.1. The van der Waals surface area contributed by atoms with Crippen LogP contribution in [-0.4, -0.2) is 18.1 Å². The van der Waals surface area contributed by atoms with E-state index in [0.29, 0.717) is 18.5 Å². The number of ketones is 2. The third kappa shape index (κ3) is 3.28. The van der Waals surface area contributed by atoms with Crippen LogP contribution in [0.25, 0.3) is 0 Å². The molecule has 2 N–H and O–H groups in total. The Morgan fingerprint density at radius 3 is 2.12 bits per heavy atom. The smallest absolute Gasteiger partial charge is 0.159 e. The van der Waals surface area contributed by atoms with Crippen LogP contribution in [0.4, 0.5) is 0 Å². The van der Waals surface area contributed by atoms with Crippen LogP contribution < -0.4 is 5.73 Å². The van der Waals surface area contributed by atoms with Gasteiger partial charge in [-0.25, -0.2) is 0 Å². The van der Waals surface area contributed by atoms with E-state index in [0.717, 1.165) is 5.56 Å². The highest BCUT2D eigenvalue weighted by Crippen LogP contribution is 2.11. The van der Waals surface area contributed by atoms with Crippen molar-refractivity contribution < 1.29 is 9.59 Å². The van der Waals surface area contributed by atoms with Crippen molar-refractivity contribution in [3.05, 3.63) is 35.4 Å². The minimum absolute atomic E-state index is 0.0495. The van der Waals surface area contributed by atoms with Gasteiger partial charge in [0.05, 0.1) is 0 Å². The van der Waals surface area contributed by atoms with Crippen LogP contribution in [0.15, 0.2) is 24.3 Å². The second-order valence-corrected chi connectivity index (χ2v) is 4.00. The summed E-state index contributed by atoms with van der Waals surface area (Å²) in [5.74, 6) is 0.0369. The summed E-state index contributed by atoms with van der Waals surface area (Å²) in [6, 6.07) is 7.32. The van der Waals surface area contributed by atoms with Crippen molar-refractivity contribution in [2.45, 2.75) is 20.3 Å². The maximum Gasteiger partial charge on any atom is 0.159 e. The molecule has 3 nitrogen and oxygen atoms in total. The van der Waals surface area contributed by atoms with E-state index in [-0.39, 0.29) is 17.5 Å². The lowest BCUT2D eigenvalue weighted by Gasteiger charge is -2.10. The zero-order valence-corrected chi connectivity index (χ0v) is 9.69. The van der Waals surface area contributed by atoms with Crippen molar-refractivity contribution in [3.8, 4) is 0 Å². The van der Waals surface area contributed by atoms with Gasteiger partial charge in [-0.3, -0.25) is 9.59 Å². The van der Waals surface area contributed by atoms with E-state index in [1.807, 2.05) is 12.1 Å². The Balaban J connectivity index is 2.75. The number of carbonyl (C=O) groups is 2. The minimum Gasteiger partial charge on any atom is -0.330 e. The molecule has 1 rings (SSSR count). The molecule has 0 aromatic heterocycles. The van der Waals surface area contributed by atoms with Crippen molar-refractivity contribution >= 4 is 11.6 Å². The number of carbonyl (C=O) groups excluding carboxylic acids is 2. The lowest BCUT2D eigenvalue weighted by atomic mass is 9.95. The van der Waals surface area contributed by atoms with Crippen molar-refractivity contribution in [1.82, 2.24) is 0 Å². The standard InChI is InChI=1S/C13H17NO2/c1-9(15)12-5-3-11(4-6-12)7-13(8-14)10(2)16/h3-6,13H,7-8,14H2,1-2H3. The summed E-state index contributed by atoms with van der Waals surface area (Å²) in [7, 11) is 0. The molecule has 0 fully saturated rings. The summed E-state index contributed by atoms with van der Waals surface area (Å²) in [6.07, 6.45) is 0.643. The predicted molar refractivity (Wildman–Crippen MR) is 63.4 cm³/mol. The molecule has 0 saturated carbocycles. The first-order valence-corrected chi connectivity index (χ1v) is 5.35. The van der Waals surface area contributed by atoms with Crippen molar-refractivity contribution in [2.24, 2.45) is 11.7 Å². The van der Waals surface area contributed by atoms with Crippen molar-refractivity contribution in [1.29, 1.82) is 0 Å². The topological polar surface area (TPSA) is 60.2 Å². The maximum atomic E-state index is 11.2. The molecule has 0 amide bonds. The molecule has 0 heterocycles. The Labute approximate surface area is 95.6 Å². The highest BCUT2D eigenvalue weighted by molar-refractivity contribution is 5.94. The third-order valence-electron chi connectivity index (χ3n) is 2.70. The third-order valence-corrected chi connectivity index (χ3v) is 2.70. The minimum atomic E-state index is -0.122. The largest absolute Gasteiger partial charge is 0.330 e. The Hall–Kier alpha value is -1.48. The highest BCUT2D eigenvalue weighted by Gasteiger charge is 2.12. The van der Waals surface area contributed by atoms with E-state index in [4.69, 9.17) is 5.73 Å². The number of benzene rings is 1. The molecule has 1 aromatic carbocycles. The monoisotopic (exact) mass is 219 g/mol. The molecule has 1 atom stereocenters. The van der Waals surface area contributed by atoms with Crippen LogP contribution in [0.3, 0.4) is 0 Å². The van der Waals surface area contributed by atoms with Gasteiger partial charge in [-0.15, -0.1) is 0 Å². The quantitative estimate of drug-likeness (QED) is 0.765. The van der Waals surface area contributed by atoms with E-state index in [9.17, 15) is 9.59 Å². The summed E-state index contributed by atoms with van der Waals surface area (Å²) in [5.41, 5.74) is 7.25. The molecule has 1 aromatic rings. The molecular weight excluding hydrogens is 202 g/mol. The number of hydrogen-bond donors (Lipinski definition) is 1. The van der Waals surface area contributed by atoms with Gasteiger partial charge in [0.1, 0.15) is 5.78 Å². The predicted octanol–water partition coefficient (Wildman–Crippen LogP) is 1.60. The van der Waals surface area contributed by atoms with Gasteiger partial charge in [0.15, 0.2) is 5.78 Å². The molecule has 0 saturated heterocycles. The fourth-order valence-electron chi connectivity index (χ4n) is 1.55. The molecule has 0 aliphatic rings. The molecule has 0 bridgehead atoms. The van der Waals surface area contributed by atoms with Gasteiger partial charge < -0.3 is 5.73 Å². The van der Waals surface area contributed by atoms with E-state index in [2.05, 4.69) is 0 Å². The van der Waals surface area contributed by atoms with E-state index < -0.39 is 0 Å². The molecule has 1 unspecified atom stereocenters. The number of rotatable bonds is 5. The molecule has 0 aliphatic carbocycles. The van der Waals surface area contributed by atoms with Crippen LogP contribution in [0.2, 0.25) is 0 Å². The first-order valence-electron chi connectivity index (χ1n) is 5.35. The fourth-order valence-corrected chi connectivity index (χ4v) is 1.55. The summed E-state index contributed by atoms with van der Waals surface area (Å²) >= 11 is 0. The first kappa shape index (κ1) is 12.6. The lowest BCUT2D eigenvalue weighted by Crippen LogP contribution is -2.23. The highest BCUT2D eigenvalue weighted by atomic mass is 16.1. The van der Waals surface area contributed by atoms with Crippen LogP contribution in [0.1, 0.15) is 29.8 Å². The van der Waals surface area contributed by atoms with Gasteiger partial charge in [0.2, 0.25) is 0 Å². The Kier molecular flexibility index (Phi) is 4.38. The van der Waals surface area contributed by atoms with Crippen molar-refractivity contribution in [3.63, 3.8) is 0 Å². The van der Waals surface area contributed by atoms with E-state index in [1.165, 1.54) is 6.92 Å². The average Bonchev–Trinajstić information content (AvgIpc) is 2.26. The Morgan fingerprint density at radius 1 is 1.19 bits per heavy atom. The molecule has 0 spiro atoms. The molecule has 16 heavy (non-hydrogen) atoms. The molecule has 86 valence electrons. The van der Waals surface area contributed by atoms with E-state index in [1.54, 1.807) is 19.1 Å². The molecule has 0 aliphatic heterocycles. The summed E-state index contributed by atoms with van der Waals surface area (Å²) in [6.45, 7) is 3.46. The van der Waals surface area contributed by atoms with E-state index >= 15 is 0 Å². The van der Waals surface area contributed by atoms with Crippen LogP contribution >= 0.6 is 0 Å². The van der Waals surface area contributed by atoms with Gasteiger partial charge in [0, 0.05) is 18.0 Å². The van der Waals surface area contributed by atoms with Crippen molar-refractivity contribution in [2.75, 3.05) is 6.54 Å². The van der Waals surface area contributed by atoms with Gasteiger partial charge in [-0.2, -0.15) is 0 Å². The average molecular weight is 219 g/mol. The SMILES string of the molecule is CC(=O)c1ccc(CC(CN)C(C)=O)cc1. The second-order valence-electron chi connectivity index (χ2n) is 4.00. The molecular formula is C13H17NO2. The summed E-state index contributed by atoms with van der Waals surface area (Å²) in [4.78, 5) is 22.3. The van der Waals surface area contributed by atoms with Crippen LogP contribution in [0, 0.1) is 5.92 Å². The Bertz CT molecular complexity index is 381. The number of nitrogens with two attached hydrogens (primary N) is 1. The van der Waals surface area contributed by atoms with Gasteiger partial charge in [-0.05, 0) is 25.8 Å². The van der Waals surface area contributed by atoms with Crippen LogP contribution in [-0.2, 0) is 11.2 Å². The van der Waals surface area contributed by atoms with Gasteiger partial charge in [-0.1, -0.05) is 24.3 Å². The van der Waals surface area contributed by atoms with Gasteiger partial charge in [0.25, 0.3) is 0 Å². The first-order chi connectivity index (χ1) is 7.54. The lowest BCUT2D eigenvalue weighted by molar-refractivity contribution is -0.120. The summed E-state index contributed by atoms with van der Waals surface area (Å²) < 4.78 is 0. The van der Waals surface area contributed by atoms with Gasteiger partial charge >= 0.3 is 0 Å². The number of Topliss-reactive ketones (excluding diaryl/α,β-unsaturated/α-hetero) is 2. The van der Waals surface area contributed by atoms with Crippen LogP contribution in [0.5, 0.6) is 0 Å². The fraction of sp³-hybridized carbons (Fsp3) is 0.385. The number of hydrogen-bond acceptors (Lipinski definition) is 3. The summed E-state index contributed by atoms with van der Waals surface area (Å²) in [5, 5.41) is 0. The Morgan fingerprint density at radius 2 is 1.75 bits per heavy atom. The zero-order valence-electron chi connectivity index (χ0n) is 9.69. The second kappa shape index (κ2) is 5.56. The maximum absolute atomic E-state index is 11.2. The molecule has 0 radical (unpaired) electrons. The molecule has 3 heteroatoms.